The lowest BCUT2D eigenvalue weighted by molar-refractivity contribution is 0.100. The molecule has 2 atom stereocenters. The second-order valence-electron chi connectivity index (χ2n) is 8.36. The summed E-state index contributed by atoms with van der Waals surface area (Å²) in [4.78, 5) is 32.9. The Morgan fingerprint density at radius 3 is 2.79 bits per heavy atom. The normalized spacial score (nSPS) is 18.1. The van der Waals surface area contributed by atoms with Gasteiger partial charge in [-0.3, -0.25) is 14.2 Å². The van der Waals surface area contributed by atoms with Crippen molar-refractivity contribution in [3.63, 3.8) is 0 Å². The summed E-state index contributed by atoms with van der Waals surface area (Å²) in [6, 6.07) is 5.70. The predicted molar refractivity (Wildman–Crippen MR) is 128 cm³/mol. The molecule has 6 N–H and O–H groups in total. The first-order valence-electron chi connectivity index (χ1n) is 11.2. The number of pyridine rings is 3. The maximum atomic E-state index is 14.7. The molecule has 3 heterocycles. The lowest BCUT2D eigenvalue weighted by Gasteiger charge is -2.30. The molecule has 1 amide bonds. The Morgan fingerprint density at radius 1 is 1.26 bits per heavy atom. The molecule has 4 rings (SSSR count). The van der Waals surface area contributed by atoms with E-state index in [0.29, 0.717) is 29.9 Å². The van der Waals surface area contributed by atoms with Crippen molar-refractivity contribution in [2.45, 2.75) is 44.3 Å². The van der Waals surface area contributed by atoms with Gasteiger partial charge in [0.15, 0.2) is 11.6 Å². The van der Waals surface area contributed by atoms with Gasteiger partial charge in [-0.15, -0.1) is 0 Å². The van der Waals surface area contributed by atoms with Crippen LogP contribution >= 0.6 is 0 Å². The Hall–Kier alpha value is -3.57. The zero-order chi connectivity index (χ0) is 24.2. The van der Waals surface area contributed by atoms with Gasteiger partial charge in [0.05, 0.1) is 30.6 Å². The van der Waals surface area contributed by atoms with Crippen LogP contribution in [0.5, 0.6) is 0 Å². The van der Waals surface area contributed by atoms with E-state index in [4.69, 9.17) is 16.2 Å². The van der Waals surface area contributed by atoms with Gasteiger partial charge in [-0.25, -0.2) is 14.4 Å². The molecule has 10 nitrogen and oxygen atoms in total. The number of nitrogens with two attached hydrogens (primary N) is 2. The largest absolute Gasteiger partial charge is 0.383 e. The molecular weight excluding hydrogens is 441 g/mol. The second-order valence-corrected chi connectivity index (χ2v) is 8.36. The molecule has 1 fully saturated rings. The molecular formula is C23H28FN7O3. The third-order valence-electron chi connectivity index (χ3n) is 5.99. The molecule has 3 aromatic rings. The fourth-order valence-corrected chi connectivity index (χ4v) is 4.17. The molecule has 0 bridgehead atoms. The average molecular weight is 470 g/mol. The van der Waals surface area contributed by atoms with Crippen molar-refractivity contribution in [3.05, 3.63) is 52.2 Å². The summed E-state index contributed by atoms with van der Waals surface area (Å²) < 4.78 is 21.3. The molecule has 2 unspecified atom stereocenters. The van der Waals surface area contributed by atoms with Gasteiger partial charge in [-0.05, 0) is 31.0 Å². The fraction of sp³-hybridized carbons (Fsp3) is 0.391. The van der Waals surface area contributed by atoms with Crippen molar-refractivity contribution >= 4 is 34.3 Å². The summed E-state index contributed by atoms with van der Waals surface area (Å²) in [5.41, 5.74) is 12.4. The minimum absolute atomic E-state index is 0.00278. The third kappa shape index (κ3) is 5.00. The molecule has 1 aliphatic rings. The molecule has 34 heavy (non-hydrogen) atoms. The predicted octanol–water partition coefficient (Wildman–Crippen LogP) is 2.10. The second kappa shape index (κ2) is 10.1. The fourth-order valence-electron chi connectivity index (χ4n) is 4.17. The maximum Gasteiger partial charge on any atom is 0.252 e. The quantitative estimate of drug-likeness (QED) is 0.392. The van der Waals surface area contributed by atoms with Crippen molar-refractivity contribution < 1.29 is 13.9 Å². The Morgan fingerprint density at radius 2 is 2.06 bits per heavy atom. The van der Waals surface area contributed by atoms with E-state index >= 15 is 0 Å². The van der Waals surface area contributed by atoms with Gasteiger partial charge in [0.25, 0.3) is 11.5 Å². The summed E-state index contributed by atoms with van der Waals surface area (Å²) in [7, 11) is 1.56. The highest BCUT2D eigenvalue weighted by atomic mass is 19.1. The van der Waals surface area contributed by atoms with E-state index in [2.05, 4.69) is 20.6 Å². The van der Waals surface area contributed by atoms with E-state index in [1.807, 2.05) is 0 Å². The summed E-state index contributed by atoms with van der Waals surface area (Å²) in [6.45, 7) is 0.721. The van der Waals surface area contributed by atoms with Crippen LogP contribution in [0.3, 0.4) is 0 Å². The van der Waals surface area contributed by atoms with E-state index in [1.165, 1.54) is 16.8 Å². The Bertz CT molecular complexity index is 1260. The van der Waals surface area contributed by atoms with Crippen LogP contribution in [0.15, 0.2) is 35.3 Å². The highest BCUT2D eigenvalue weighted by Crippen LogP contribution is 2.27. The number of halogens is 1. The Balaban J connectivity index is 1.67. The van der Waals surface area contributed by atoms with E-state index in [0.717, 1.165) is 31.7 Å². The molecule has 1 aliphatic carbocycles. The molecule has 0 radical (unpaired) electrons. The van der Waals surface area contributed by atoms with Crippen molar-refractivity contribution in [1.29, 1.82) is 0 Å². The summed E-state index contributed by atoms with van der Waals surface area (Å²) in [5, 5.41) is 6.79. The highest BCUT2D eigenvalue weighted by molar-refractivity contribution is 5.98. The van der Waals surface area contributed by atoms with E-state index < -0.39 is 11.7 Å². The number of anilines is 3. The zero-order valence-corrected chi connectivity index (χ0v) is 18.9. The first-order valence-corrected chi connectivity index (χ1v) is 11.2. The number of methoxy groups -OCH3 is 1. The minimum Gasteiger partial charge on any atom is -0.383 e. The molecule has 0 saturated heterocycles. The molecule has 0 aliphatic heterocycles. The standard InChI is InChI=1S/C23H28FN7O3/c1-34-9-8-31-19(32)7-6-13-10-14(12-27-23(13)31)28-21-15(20(26)33)11-16(24)22(30-21)29-18-5-3-2-4-17(18)25/h6-7,10-12,17-18H,2-5,8-9,25H2,1H3,(H2,26,33)(H2,28,29,30). The van der Waals surface area contributed by atoms with Crippen LogP contribution in [0.1, 0.15) is 36.0 Å². The Kier molecular flexibility index (Phi) is 7.03. The maximum absolute atomic E-state index is 14.7. The number of aromatic nitrogens is 3. The summed E-state index contributed by atoms with van der Waals surface area (Å²) in [5.74, 6) is -1.42. The van der Waals surface area contributed by atoms with Gasteiger partial charge in [-0.2, -0.15) is 0 Å². The topological polar surface area (TPSA) is 150 Å². The van der Waals surface area contributed by atoms with Crippen LogP contribution in [0.4, 0.5) is 21.7 Å². The van der Waals surface area contributed by atoms with Crippen LogP contribution in [0, 0.1) is 5.82 Å². The van der Waals surface area contributed by atoms with Crippen molar-refractivity contribution in [3.8, 4) is 0 Å². The lowest BCUT2D eigenvalue weighted by Crippen LogP contribution is -2.43. The first kappa shape index (κ1) is 23.6. The van der Waals surface area contributed by atoms with Crippen molar-refractivity contribution in [2.24, 2.45) is 11.5 Å². The number of carbonyl (C=O) groups excluding carboxylic acids is 1. The SMILES string of the molecule is COCCn1c(=O)ccc2cc(Nc3nc(NC4CCCCC4N)c(F)cc3C(N)=O)cnc21. The summed E-state index contributed by atoms with van der Waals surface area (Å²) in [6.07, 6.45) is 5.20. The number of primary amides is 1. The van der Waals surface area contributed by atoms with Crippen LogP contribution in [0.25, 0.3) is 11.0 Å². The van der Waals surface area contributed by atoms with Crippen LogP contribution < -0.4 is 27.7 Å². The lowest BCUT2D eigenvalue weighted by atomic mass is 9.91. The molecule has 0 aromatic carbocycles. The number of fused-ring (bicyclic) bond motifs is 1. The van der Waals surface area contributed by atoms with Gasteiger partial charge >= 0.3 is 0 Å². The molecule has 1 saturated carbocycles. The minimum atomic E-state index is -0.822. The van der Waals surface area contributed by atoms with Gasteiger partial charge in [0, 0.05) is 30.6 Å². The van der Waals surface area contributed by atoms with Gasteiger partial charge in [0.2, 0.25) is 0 Å². The number of rotatable bonds is 8. The van der Waals surface area contributed by atoms with Gasteiger partial charge in [0.1, 0.15) is 11.5 Å². The van der Waals surface area contributed by atoms with E-state index in [9.17, 15) is 14.0 Å². The van der Waals surface area contributed by atoms with Gasteiger partial charge in [-0.1, -0.05) is 12.8 Å². The van der Waals surface area contributed by atoms with Gasteiger partial charge < -0.3 is 26.8 Å². The van der Waals surface area contributed by atoms with Crippen LogP contribution in [-0.2, 0) is 11.3 Å². The number of amides is 1. The average Bonchev–Trinajstić information content (AvgIpc) is 2.81. The molecule has 180 valence electrons. The number of nitrogens with one attached hydrogen (secondary N) is 2. The smallest absolute Gasteiger partial charge is 0.252 e. The number of carbonyl (C=O) groups is 1. The van der Waals surface area contributed by atoms with E-state index in [1.54, 1.807) is 19.2 Å². The number of ether oxygens (including phenoxy) is 1. The molecule has 0 spiro atoms. The summed E-state index contributed by atoms with van der Waals surface area (Å²) >= 11 is 0. The van der Waals surface area contributed by atoms with Crippen molar-refractivity contribution in [2.75, 3.05) is 24.4 Å². The first-order chi connectivity index (χ1) is 16.4. The van der Waals surface area contributed by atoms with Crippen LogP contribution in [0.2, 0.25) is 0 Å². The van der Waals surface area contributed by atoms with Crippen LogP contribution in [-0.4, -0.2) is 46.2 Å². The third-order valence-corrected chi connectivity index (χ3v) is 5.99. The number of hydrogen-bond donors (Lipinski definition) is 4. The van der Waals surface area contributed by atoms with Crippen molar-refractivity contribution in [1.82, 2.24) is 14.5 Å². The number of hydrogen-bond acceptors (Lipinski definition) is 8. The Labute approximate surface area is 195 Å². The highest BCUT2D eigenvalue weighted by Gasteiger charge is 2.24. The zero-order valence-electron chi connectivity index (χ0n) is 18.9. The molecule has 3 aromatic heterocycles. The molecule has 11 heteroatoms. The monoisotopic (exact) mass is 469 g/mol. The number of nitrogens with zero attached hydrogens (tertiary/aromatic N) is 3. The van der Waals surface area contributed by atoms with E-state index in [-0.39, 0.29) is 34.8 Å².